The molecule has 0 aliphatic carbocycles. The summed E-state index contributed by atoms with van der Waals surface area (Å²) in [5.74, 6) is 1.53. The van der Waals surface area contributed by atoms with Crippen LogP contribution in [0.15, 0.2) is 239 Å². The number of rotatable bonds is 6. The molecule has 10 aromatic carbocycles. The molecule has 0 saturated heterocycles. The first-order chi connectivity index (χ1) is 34.7. The van der Waals surface area contributed by atoms with E-state index >= 15 is 0 Å². The summed E-state index contributed by atoms with van der Waals surface area (Å²) in [7, 11) is 0. The summed E-state index contributed by atoms with van der Waals surface area (Å²) in [6.45, 7) is 0. The second-order valence-corrected chi connectivity index (χ2v) is 19.2. The van der Waals surface area contributed by atoms with Crippen molar-refractivity contribution in [2.75, 3.05) is 0 Å². The summed E-state index contributed by atoms with van der Waals surface area (Å²) < 4.78 is 13.8. The number of amidine groups is 2. The molecule has 1 aliphatic heterocycles. The van der Waals surface area contributed by atoms with Crippen molar-refractivity contribution in [2.24, 2.45) is 9.98 Å². The molecule has 0 bridgehead atoms. The van der Waals surface area contributed by atoms with Gasteiger partial charge in [-0.25, -0.2) is 9.98 Å². The molecule has 15 rings (SSSR count). The molecule has 1 aliphatic rings. The van der Waals surface area contributed by atoms with Crippen molar-refractivity contribution in [3.05, 3.63) is 241 Å². The van der Waals surface area contributed by atoms with E-state index in [2.05, 4.69) is 203 Å². The largest absolute Gasteiger partial charge is 0.455 e. The van der Waals surface area contributed by atoms with E-state index in [4.69, 9.17) is 14.4 Å². The third-order valence-corrected chi connectivity index (χ3v) is 15.3. The van der Waals surface area contributed by atoms with Crippen LogP contribution >= 0.6 is 11.3 Å². The van der Waals surface area contributed by atoms with E-state index in [0.29, 0.717) is 0 Å². The van der Waals surface area contributed by atoms with E-state index in [1.54, 1.807) is 0 Å². The summed E-state index contributed by atoms with van der Waals surface area (Å²) >= 11 is 1.83. The summed E-state index contributed by atoms with van der Waals surface area (Å²) in [4.78, 5) is 10.2. The lowest BCUT2D eigenvalue weighted by atomic mass is 10.0. The maximum atomic E-state index is 6.50. The van der Waals surface area contributed by atoms with E-state index in [9.17, 15) is 0 Å². The van der Waals surface area contributed by atoms with Gasteiger partial charge in [-0.1, -0.05) is 140 Å². The van der Waals surface area contributed by atoms with E-state index in [-0.39, 0.29) is 6.17 Å². The Morgan fingerprint density at radius 3 is 1.74 bits per heavy atom. The minimum atomic E-state index is -0.265. The fourth-order valence-corrected chi connectivity index (χ4v) is 12.0. The SMILES string of the molecule is c1ccc(C2=NC(c3ccccc3)NC(c3ccc4sc5ccc(-n6c7ccccc7c7cc(-n8c9ccccc9c9cc(-c%10cccc%11c%10oc%10ccccc%10%11)ccc98)ccc76)cc5c4c3)=N2)cc1. The van der Waals surface area contributed by atoms with Crippen molar-refractivity contribution >= 4 is 109 Å². The number of nitrogens with zero attached hydrogens (tertiary/aromatic N) is 4. The summed E-state index contributed by atoms with van der Waals surface area (Å²) in [5, 5.41) is 13.2. The fraction of sp³-hybridized carbons (Fsp3) is 0.0159. The molecule has 0 saturated carbocycles. The molecule has 328 valence electrons. The number of furan rings is 1. The first kappa shape index (κ1) is 39.0. The van der Waals surface area contributed by atoms with Gasteiger partial charge in [0.2, 0.25) is 0 Å². The van der Waals surface area contributed by atoms with Gasteiger partial charge in [0.05, 0.1) is 22.1 Å². The van der Waals surface area contributed by atoms with Crippen molar-refractivity contribution in [2.45, 2.75) is 6.17 Å². The molecule has 70 heavy (non-hydrogen) atoms. The normalized spacial score (nSPS) is 14.1. The second kappa shape index (κ2) is 15.2. The minimum absolute atomic E-state index is 0.265. The number of thiophene rings is 1. The fourth-order valence-electron chi connectivity index (χ4n) is 10.9. The zero-order valence-corrected chi connectivity index (χ0v) is 38.4. The van der Waals surface area contributed by atoms with Crippen LogP contribution < -0.4 is 5.32 Å². The standard InChI is InChI=1S/C63H39N5OS/c1-3-14-38(15-4-1)61-64-62(39-16-5-2-6-17-39)66-63(65-61)41-27-32-58-51(35-41)52-37-43(29-33-59(52)70-58)68-54-24-11-8-19-46(54)50-36-42(28-31-56(50)68)67-53-23-10-7-18-45(53)49-34-40(26-30-55(49)67)44-21-13-22-48-47-20-9-12-25-57(47)69-60(44)48/h1-37,61H,(H,64,65,66). The van der Waals surface area contributed by atoms with Crippen LogP contribution in [0.25, 0.3) is 108 Å². The number of aromatic nitrogens is 2. The Balaban J connectivity index is 0.850. The van der Waals surface area contributed by atoms with Gasteiger partial charge in [-0.05, 0) is 96.1 Å². The quantitative estimate of drug-likeness (QED) is 0.181. The number of nitrogens with one attached hydrogen (secondary N) is 1. The lowest BCUT2D eigenvalue weighted by Gasteiger charge is -2.23. The zero-order valence-electron chi connectivity index (χ0n) is 37.5. The van der Waals surface area contributed by atoms with Crippen molar-refractivity contribution in [3.8, 4) is 22.5 Å². The average molecular weight is 914 g/mol. The predicted molar refractivity (Wildman–Crippen MR) is 293 cm³/mol. The molecular formula is C63H39N5OS. The van der Waals surface area contributed by atoms with Gasteiger partial charge in [0.25, 0.3) is 0 Å². The highest BCUT2D eigenvalue weighted by Crippen LogP contribution is 2.42. The van der Waals surface area contributed by atoms with Crippen LogP contribution in [0, 0.1) is 0 Å². The van der Waals surface area contributed by atoms with Crippen molar-refractivity contribution in [1.29, 1.82) is 0 Å². The molecule has 7 heteroatoms. The molecule has 6 nitrogen and oxygen atoms in total. The Morgan fingerprint density at radius 2 is 0.971 bits per heavy atom. The zero-order chi connectivity index (χ0) is 45.9. The summed E-state index contributed by atoms with van der Waals surface area (Å²) in [6, 6.07) is 80.4. The first-order valence-corrected chi connectivity index (χ1v) is 24.5. The average Bonchev–Trinajstić information content (AvgIpc) is 4.18. The highest BCUT2D eigenvalue weighted by molar-refractivity contribution is 7.25. The highest BCUT2D eigenvalue weighted by atomic mass is 32.1. The number of fused-ring (bicyclic) bond motifs is 12. The molecule has 1 atom stereocenters. The molecule has 1 unspecified atom stereocenters. The van der Waals surface area contributed by atoms with Crippen LogP contribution in [0.1, 0.15) is 22.9 Å². The van der Waals surface area contributed by atoms with Gasteiger partial charge in [0.15, 0.2) is 5.84 Å². The van der Waals surface area contributed by atoms with Crippen LogP contribution in [0.4, 0.5) is 0 Å². The van der Waals surface area contributed by atoms with Crippen molar-refractivity contribution in [3.63, 3.8) is 0 Å². The van der Waals surface area contributed by atoms with Gasteiger partial charge in [-0.15, -0.1) is 11.3 Å². The van der Waals surface area contributed by atoms with E-state index in [0.717, 1.165) is 83.8 Å². The molecule has 0 fully saturated rings. The van der Waals surface area contributed by atoms with Crippen LogP contribution in [-0.4, -0.2) is 20.8 Å². The van der Waals surface area contributed by atoms with Crippen LogP contribution in [-0.2, 0) is 0 Å². The first-order valence-electron chi connectivity index (χ1n) is 23.7. The molecule has 0 radical (unpaired) electrons. The number of para-hydroxylation sites is 4. The van der Waals surface area contributed by atoms with Gasteiger partial charge in [-0.3, -0.25) is 0 Å². The second-order valence-electron chi connectivity index (χ2n) is 18.1. The maximum Gasteiger partial charge on any atom is 0.159 e. The monoisotopic (exact) mass is 913 g/mol. The minimum Gasteiger partial charge on any atom is -0.455 e. The van der Waals surface area contributed by atoms with E-state index in [1.807, 2.05) is 47.7 Å². The van der Waals surface area contributed by atoms with Crippen molar-refractivity contribution in [1.82, 2.24) is 14.5 Å². The van der Waals surface area contributed by atoms with Gasteiger partial charge >= 0.3 is 0 Å². The third kappa shape index (κ3) is 5.98. The Bertz CT molecular complexity index is 4510. The molecule has 0 amide bonds. The number of aliphatic imine (C=N–C) groups is 2. The maximum absolute atomic E-state index is 6.50. The van der Waals surface area contributed by atoms with Gasteiger partial charge < -0.3 is 18.9 Å². The van der Waals surface area contributed by atoms with Crippen LogP contribution in [0.3, 0.4) is 0 Å². The van der Waals surface area contributed by atoms with Gasteiger partial charge in [0.1, 0.15) is 23.2 Å². The lowest BCUT2D eigenvalue weighted by Crippen LogP contribution is -2.33. The summed E-state index contributed by atoms with van der Waals surface area (Å²) in [6.07, 6.45) is -0.265. The Morgan fingerprint density at radius 1 is 0.414 bits per heavy atom. The molecule has 4 aromatic heterocycles. The topological polar surface area (TPSA) is 59.8 Å². The van der Waals surface area contributed by atoms with E-state index in [1.165, 1.54) is 52.8 Å². The van der Waals surface area contributed by atoms with E-state index < -0.39 is 0 Å². The molecule has 14 aromatic rings. The van der Waals surface area contributed by atoms with Crippen molar-refractivity contribution < 1.29 is 4.42 Å². The van der Waals surface area contributed by atoms with Gasteiger partial charge in [0, 0.05) is 80.6 Å². The third-order valence-electron chi connectivity index (χ3n) is 14.2. The van der Waals surface area contributed by atoms with Crippen LogP contribution in [0.2, 0.25) is 0 Å². The molecule has 0 spiro atoms. The Hall–Kier alpha value is -9.04. The lowest BCUT2D eigenvalue weighted by molar-refractivity contribution is 0.670. The van der Waals surface area contributed by atoms with Gasteiger partial charge in [-0.2, -0.15) is 0 Å². The number of hydrogen-bond acceptors (Lipinski definition) is 5. The van der Waals surface area contributed by atoms with Crippen LogP contribution in [0.5, 0.6) is 0 Å². The predicted octanol–water partition coefficient (Wildman–Crippen LogP) is 16.3. The smallest absolute Gasteiger partial charge is 0.159 e. The number of benzene rings is 10. The Labute approximate surface area is 405 Å². The molecule has 1 N–H and O–H groups in total. The molecular weight excluding hydrogens is 875 g/mol. The molecule has 5 heterocycles. The number of hydrogen-bond donors (Lipinski definition) is 1. The summed E-state index contributed by atoms with van der Waals surface area (Å²) in [5.41, 5.74) is 14.1. The highest BCUT2D eigenvalue weighted by Gasteiger charge is 2.23. The Kier molecular flexibility index (Phi) is 8.49.